The molecule has 2 rings (SSSR count). The molecular formula is C11H13N3O3S. The van der Waals surface area contributed by atoms with Crippen molar-refractivity contribution in [3.05, 3.63) is 11.8 Å². The van der Waals surface area contributed by atoms with Gasteiger partial charge in [0.05, 0.1) is 12.2 Å². The number of thioether (sulfide) groups is 1. The highest BCUT2D eigenvalue weighted by atomic mass is 32.2. The Balaban J connectivity index is 2.26. The van der Waals surface area contributed by atoms with Crippen LogP contribution < -0.4 is 5.32 Å². The van der Waals surface area contributed by atoms with E-state index in [-0.39, 0.29) is 18.9 Å². The number of anilines is 1. The van der Waals surface area contributed by atoms with Crippen LogP contribution in [0.25, 0.3) is 0 Å². The topological polar surface area (TPSA) is 81.2 Å². The van der Waals surface area contributed by atoms with Crippen molar-refractivity contribution in [2.24, 2.45) is 5.92 Å². The molecule has 0 aromatic carbocycles. The van der Waals surface area contributed by atoms with Crippen molar-refractivity contribution >= 4 is 29.3 Å². The van der Waals surface area contributed by atoms with Crippen molar-refractivity contribution in [1.29, 1.82) is 0 Å². The van der Waals surface area contributed by atoms with Crippen LogP contribution in [-0.2, 0) is 9.53 Å². The Morgan fingerprint density at radius 1 is 1.67 bits per heavy atom. The summed E-state index contributed by atoms with van der Waals surface area (Å²) >= 11 is 1.39. The van der Waals surface area contributed by atoms with Gasteiger partial charge in [0.1, 0.15) is 11.7 Å². The van der Waals surface area contributed by atoms with Gasteiger partial charge in [0.2, 0.25) is 0 Å². The van der Waals surface area contributed by atoms with Gasteiger partial charge in [0, 0.05) is 12.7 Å². The molecule has 0 bridgehead atoms. The lowest BCUT2D eigenvalue weighted by molar-refractivity contribution is -0.145. The van der Waals surface area contributed by atoms with Gasteiger partial charge in [-0.3, -0.25) is 9.59 Å². The zero-order valence-corrected chi connectivity index (χ0v) is 10.9. The van der Waals surface area contributed by atoms with E-state index in [9.17, 15) is 9.59 Å². The molecule has 1 unspecified atom stereocenters. The van der Waals surface area contributed by atoms with Crippen LogP contribution in [0.15, 0.2) is 11.4 Å². The fourth-order valence-corrected chi connectivity index (χ4v) is 2.03. The van der Waals surface area contributed by atoms with Crippen LogP contribution in [0.4, 0.5) is 5.82 Å². The maximum atomic E-state index is 12.1. The smallest absolute Gasteiger partial charge is 0.318 e. The first-order valence-corrected chi connectivity index (χ1v) is 6.75. The quantitative estimate of drug-likeness (QED) is 0.378. The summed E-state index contributed by atoms with van der Waals surface area (Å²) in [5, 5.41) is 3.56. The van der Waals surface area contributed by atoms with Crippen LogP contribution in [0.5, 0.6) is 0 Å². The second-order valence-electron chi connectivity index (χ2n) is 3.67. The lowest BCUT2D eigenvalue weighted by Gasteiger charge is -2.22. The minimum absolute atomic E-state index is 0.218. The average molecular weight is 267 g/mol. The lowest BCUT2D eigenvalue weighted by Crippen LogP contribution is -2.37. The first-order chi connectivity index (χ1) is 8.67. The lowest BCUT2D eigenvalue weighted by atomic mass is 9.95. The van der Waals surface area contributed by atoms with Gasteiger partial charge in [-0.05, 0) is 13.2 Å². The standard InChI is InChI=1S/C11H13N3O3S/c1-3-17-10(16)7-5-12-9-6(8(7)15)4-13-11(14-9)18-2/h4,7H,3,5H2,1-2H3,(H,12,13,14). The molecule has 1 aliphatic heterocycles. The Labute approximate surface area is 109 Å². The maximum absolute atomic E-state index is 12.1. The van der Waals surface area contributed by atoms with E-state index >= 15 is 0 Å². The van der Waals surface area contributed by atoms with Crippen molar-refractivity contribution in [3.63, 3.8) is 0 Å². The fraction of sp³-hybridized carbons (Fsp3) is 0.455. The van der Waals surface area contributed by atoms with Crippen molar-refractivity contribution in [2.75, 3.05) is 24.7 Å². The van der Waals surface area contributed by atoms with E-state index in [0.29, 0.717) is 16.5 Å². The zero-order chi connectivity index (χ0) is 13.1. The Morgan fingerprint density at radius 3 is 3.11 bits per heavy atom. The third kappa shape index (κ3) is 2.31. The molecule has 1 aromatic heterocycles. The van der Waals surface area contributed by atoms with Crippen molar-refractivity contribution in [3.8, 4) is 0 Å². The van der Waals surface area contributed by atoms with Gasteiger partial charge in [-0.2, -0.15) is 0 Å². The van der Waals surface area contributed by atoms with E-state index < -0.39 is 11.9 Å². The van der Waals surface area contributed by atoms with Gasteiger partial charge in [-0.25, -0.2) is 9.97 Å². The number of nitrogens with one attached hydrogen (secondary N) is 1. The number of Topliss-reactive ketones (excluding diaryl/α,β-unsaturated/α-hetero) is 1. The Morgan fingerprint density at radius 2 is 2.44 bits per heavy atom. The maximum Gasteiger partial charge on any atom is 0.318 e. The van der Waals surface area contributed by atoms with Crippen molar-refractivity contribution < 1.29 is 14.3 Å². The van der Waals surface area contributed by atoms with E-state index in [1.807, 2.05) is 6.26 Å². The predicted octanol–water partition coefficient (Wildman–Crippen LogP) is 0.986. The van der Waals surface area contributed by atoms with Crippen molar-refractivity contribution in [1.82, 2.24) is 9.97 Å². The summed E-state index contributed by atoms with van der Waals surface area (Å²) in [6.07, 6.45) is 3.31. The number of nitrogens with zero attached hydrogens (tertiary/aromatic N) is 2. The molecule has 0 radical (unpaired) electrons. The number of esters is 1. The fourth-order valence-electron chi connectivity index (χ4n) is 1.69. The third-order valence-corrected chi connectivity index (χ3v) is 3.14. The normalized spacial score (nSPS) is 17.9. The molecule has 0 spiro atoms. The molecule has 18 heavy (non-hydrogen) atoms. The molecule has 0 fully saturated rings. The molecular weight excluding hydrogens is 254 g/mol. The van der Waals surface area contributed by atoms with Crippen molar-refractivity contribution in [2.45, 2.75) is 12.1 Å². The van der Waals surface area contributed by atoms with Gasteiger partial charge >= 0.3 is 5.97 Å². The molecule has 2 heterocycles. The number of hydrogen-bond donors (Lipinski definition) is 1. The second-order valence-corrected chi connectivity index (χ2v) is 4.44. The summed E-state index contributed by atoms with van der Waals surface area (Å²) in [6, 6.07) is 0. The van der Waals surface area contributed by atoms with E-state index in [0.717, 1.165) is 0 Å². The SMILES string of the molecule is CCOC(=O)C1CNc2nc(SC)ncc2C1=O. The van der Waals surface area contributed by atoms with E-state index in [2.05, 4.69) is 15.3 Å². The minimum Gasteiger partial charge on any atom is -0.465 e. The van der Waals surface area contributed by atoms with E-state index in [1.165, 1.54) is 18.0 Å². The zero-order valence-electron chi connectivity index (χ0n) is 10.1. The van der Waals surface area contributed by atoms with Gasteiger partial charge in [0.15, 0.2) is 10.9 Å². The van der Waals surface area contributed by atoms with Crippen LogP contribution in [0, 0.1) is 5.92 Å². The number of carbonyl (C=O) groups is 2. The summed E-state index contributed by atoms with van der Waals surface area (Å²) in [7, 11) is 0. The predicted molar refractivity (Wildman–Crippen MR) is 66.8 cm³/mol. The van der Waals surface area contributed by atoms with Crippen LogP contribution in [0.2, 0.25) is 0 Å². The highest BCUT2D eigenvalue weighted by Gasteiger charge is 2.35. The average Bonchev–Trinajstić information content (AvgIpc) is 2.38. The first-order valence-electron chi connectivity index (χ1n) is 5.53. The Kier molecular flexibility index (Phi) is 3.81. The Hall–Kier alpha value is -1.63. The highest BCUT2D eigenvalue weighted by molar-refractivity contribution is 7.98. The summed E-state index contributed by atoms with van der Waals surface area (Å²) in [4.78, 5) is 31.9. The molecule has 1 atom stereocenters. The van der Waals surface area contributed by atoms with Gasteiger partial charge in [-0.1, -0.05) is 11.8 Å². The summed E-state index contributed by atoms with van der Waals surface area (Å²) in [6.45, 7) is 2.19. The molecule has 96 valence electrons. The summed E-state index contributed by atoms with van der Waals surface area (Å²) in [5.41, 5.74) is 0.345. The second kappa shape index (κ2) is 5.34. The third-order valence-electron chi connectivity index (χ3n) is 2.58. The molecule has 0 saturated heterocycles. The summed E-state index contributed by atoms with van der Waals surface area (Å²) < 4.78 is 4.87. The molecule has 0 saturated carbocycles. The molecule has 1 aliphatic rings. The number of carbonyl (C=O) groups excluding carboxylic acids is 2. The van der Waals surface area contributed by atoms with Crippen LogP contribution in [0.1, 0.15) is 17.3 Å². The van der Waals surface area contributed by atoms with Gasteiger partial charge in [-0.15, -0.1) is 0 Å². The molecule has 6 nitrogen and oxygen atoms in total. The number of hydrogen-bond acceptors (Lipinski definition) is 7. The number of fused-ring (bicyclic) bond motifs is 1. The monoisotopic (exact) mass is 267 g/mol. The number of ether oxygens (including phenoxy) is 1. The number of ketones is 1. The minimum atomic E-state index is -0.804. The van der Waals surface area contributed by atoms with E-state index in [1.54, 1.807) is 6.92 Å². The number of rotatable bonds is 3. The van der Waals surface area contributed by atoms with Gasteiger partial charge in [0.25, 0.3) is 0 Å². The molecule has 1 N–H and O–H groups in total. The first kappa shape index (κ1) is 12.8. The Bertz CT molecular complexity index is 492. The molecule has 0 amide bonds. The number of aromatic nitrogens is 2. The molecule has 1 aromatic rings. The van der Waals surface area contributed by atoms with Gasteiger partial charge < -0.3 is 10.1 Å². The van der Waals surface area contributed by atoms with Crippen LogP contribution in [-0.4, -0.2) is 41.1 Å². The highest BCUT2D eigenvalue weighted by Crippen LogP contribution is 2.24. The van der Waals surface area contributed by atoms with E-state index in [4.69, 9.17) is 4.74 Å². The molecule has 7 heteroatoms. The summed E-state index contributed by atoms with van der Waals surface area (Å²) in [5.74, 6) is -1.11. The van der Waals surface area contributed by atoms with Crippen LogP contribution >= 0.6 is 11.8 Å². The van der Waals surface area contributed by atoms with Crippen LogP contribution in [0.3, 0.4) is 0 Å². The largest absolute Gasteiger partial charge is 0.465 e. The molecule has 0 aliphatic carbocycles.